The fourth-order valence-corrected chi connectivity index (χ4v) is 2.74. The molecule has 0 unspecified atom stereocenters. The molecule has 2 N–H and O–H groups in total. The molecule has 2 atom stereocenters. The lowest BCUT2D eigenvalue weighted by atomic mass is 9.86. The summed E-state index contributed by atoms with van der Waals surface area (Å²) in [5.74, 6) is 1.82. The van der Waals surface area contributed by atoms with Crippen LogP contribution in [-0.2, 0) is 6.54 Å². The highest BCUT2D eigenvalue weighted by atomic mass is 16.5. The van der Waals surface area contributed by atoms with E-state index in [0.717, 1.165) is 24.3 Å². The van der Waals surface area contributed by atoms with Gasteiger partial charge < -0.3 is 10.1 Å². The zero-order valence-corrected chi connectivity index (χ0v) is 11.0. The molecule has 1 aromatic carbocycles. The molecule has 0 aliphatic heterocycles. The Labute approximate surface area is 104 Å². The van der Waals surface area contributed by atoms with Gasteiger partial charge in [0, 0.05) is 11.5 Å². The topological polar surface area (TPSA) is 25.8 Å². The van der Waals surface area contributed by atoms with Crippen LogP contribution in [0.15, 0.2) is 24.3 Å². The second-order valence-electron chi connectivity index (χ2n) is 5.21. The van der Waals surface area contributed by atoms with Crippen molar-refractivity contribution in [1.82, 2.24) is 0 Å². The van der Waals surface area contributed by atoms with Gasteiger partial charge in [-0.15, -0.1) is 0 Å². The van der Waals surface area contributed by atoms with Gasteiger partial charge in [0.25, 0.3) is 0 Å². The maximum atomic E-state index is 5.17. The standard InChI is InChI=1S/C15H23NO/c1-12-5-3-4-6-15(12)16-11-13-7-9-14(17-2)10-8-13/h7-10,12,15-16H,3-6,11H2,1-2H3/p+1/t12-,15+/m0/s1. The molecule has 1 saturated carbocycles. The minimum absolute atomic E-state index is 0.825. The lowest BCUT2D eigenvalue weighted by molar-refractivity contribution is -0.712. The van der Waals surface area contributed by atoms with Crippen molar-refractivity contribution in [3.8, 4) is 5.75 Å². The maximum Gasteiger partial charge on any atom is 0.118 e. The molecule has 1 fully saturated rings. The smallest absolute Gasteiger partial charge is 0.118 e. The third-order valence-electron chi connectivity index (χ3n) is 3.99. The normalized spacial score (nSPS) is 24.6. The summed E-state index contributed by atoms with van der Waals surface area (Å²) in [6, 6.07) is 9.26. The molecule has 0 bridgehead atoms. The van der Waals surface area contributed by atoms with Crippen LogP contribution in [0.3, 0.4) is 0 Å². The number of quaternary nitrogens is 1. The average Bonchev–Trinajstić information content (AvgIpc) is 2.38. The largest absolute Gasteiger partial charge is 0.497 e. The summed E-state index contributed by atoms with van der Waals surface area (Å²) in [5.41, 5.74) is 1.39. The summed E-state index contributed by atoms with van der Waals surface area (Å²) >= 11 is 0. The third kappa shape index (κ3) is 3.47. The fourth-order valence-electron chi connectivity index (χ4n) is 2.74. The third-order valence-corrected chi connectivity index (χ3v) is 3.99. The average molecular weight is 234 g/mol. The van der Waals surface area contributed by atoms with E-state index < -0.39 is 0 Å². The van der Waals surface area contributed by atoms with Crippen LogP contribution in [0.4, 0.5) is 0 Å². The van der Waals surface area contributed by atoms with Crippen molar-refractivity contribution >= 4 is 0 Å². The number of benzene rings is 1. The van der Waals surface area contributed by atoms with E-state index in [0.29, 0.717) is 0 Å². The Hall–Kier alpha value is -1.02. The predicted molar refractivity (Wildman–Crippen MR) is 70.0 cm³/mol. The molecule has 1 aromatic rings. The van der Waals surface area contributed by atoms with Crippen LogP contribution in [0.25, 0.3) is 0 Å². The summed E-state index contributed by atoms with van der Waals surface area (Å²) in [4.78, 5) is 0. The van der Waals surface area contributed by atoms with Crippen molar-refractivity contribution in [2.75, 3.05) is 7.11 Å². The maximum absolute atomic E-state index is 5.17. The van der Waals surface area contributed by atoms with Gasteiger partial charge >= 0.3 is 0 Å². The van der Waals surface area contributed by atoms with Gasteiger partial charge in [0.1, 0.15) is 12.3 Å². The Morgan fingerprint density at radius 1 is 1.18 bits per heavy atom. The Morgan fingerprint density at radius 3 is 2.53 bits per heavy atom. The minimum atomic E-state index is 0.825. The molecule has 0 saturated heterocycles. The van der Waals surface area contributed by atoms with Crippen LogP contribution >= 0.6 is 0 Å². The van der Waals surface area contributed by atoms with Crippen molar-refractivity contribution in [3.63, 3.8) is 0 Å². The zero-order chi connectivity index (χ0) is 12.1. The molecule has 0 heterocycles. The molecule has 94 valence electrons. The van der Waals surface area contributed by atoms with Crippen molar-refractivity contribution in [3.05, 3.63) is 29.8 Å². The number of nitrogens with two attached hydrogens (primary N) is 1. The zero-order valence-electron chi connectivity index (χ0n) is 11.0. The number of rotatable bonds is 4. The Balaban J connectivity index is 1.84. The van der Waals surface area contributed by atoms with Crippen LogP contribution < -0.4 is 10.1 Å². The van der Waals surface area contributed by atoms with Crippen molar-refractivity contribution in [2.45, 2.75) is 45.2 Å². The molecule has 0 amide bonds. The van der Waals surface area contributed by atoms with Crippen molar-refractivity contribution in [2.24, 2.45) is 5.92 Å². The first-order valence-corrected chi connectivity index (χ1v) is 6.76. The number of methoxy groups -OCH3 is 1. The van der Waals surface area contributed by atoms with Crippen LogP contribution in [-0.4, -0.2) is 13.2 Å². The van der Waals surface area contributed by atoms with Crippen LogP contribution in [0, 0.1) is 5.92 Å². The number of hydrogen-bond acceptors (Lipinski definition) is 1. The molecule has 2 rings (SSSR count). The first-order valence-electron chi connectivity index (χ1n) is 6.76. The first-order chi connectivity index (χ1) is 8.29. The lowest BCUT2D eigenvalue weighted by Crippen LogP contribution is -2.90. The molecular weight excluding hydrogens is 210 g/mol. The Kier molecular flexibility index (Phi) is 4.43. The minimum Gasteiger partial charge on any atom is -0.497 e. The second-order valence-corrected chi connectivity index (χ2v) is 5.21. The highest BCUT2D eigenvalue weighted by Crippen LogP contribution is 2.21. The monoisotopic (exact) mass is 234 g/mol. The van der Waals surface area contributed by atoms with Crippen LogP contribution in [0.1, 0.15) is 38.2 Å². The van der Waals surface area contributed by atoms with Gasteiger partial charge in [0.05, 0.1) is 13.2 Å². The van der Waals surface area contributed by atoms with E-state index in [-0.39, 0.29) is 0 Å². The Bertz CT molecular complexity index is 333. The van der Waals surface area contributed by atoms with Crippen molar-refractivity contribution in [1.29, 1.82) is 0 Å². The second kappa shape index (κ2) is 6.06. The highest BCUT2D eigenvalue weighted by molar-refractivity contribution is 5.26. The highest BCUT2D eigenvalue weighted by Gasteiger charge is 2.23. The van der Waals surface area contributed by atoms with Gasteiger partial charge in [-0.1, -0.05) is 13.3 Å². The quantitative estimate of drug-likeness (QED) is 0.850. The molecule has 2 heteroatoms. The summed E-state index contributed by atoms with van der Waals surface area (Å²) in [6.45, 7) is 3.49. The van der Waals surface area contributed by atoms with Gasteiger partial charge in [-0.2, -0.15) is 0 Å². The van der Waals surface area contributed by atoms with Gasteiger partial charge in [-0.25, -0.2) is 0 Å². The number of ether oxygens (including phenoxy) is 1. The molecule has 0 aromatic heterocycles. The van der Waals surface area contributed by atoms with Gasteiger partial charge in [0.15, 0.2) is 0 Å². The first kappa shape index (κ1) is 12.4. The van der Waals surface area contributed by atoms with E-state index in [2.05, 4.69) is 24.4 Å². The van der Waals surface area contributed by atoms with Gasteiger partial charge in [-0.05, 0) is 43.5 Å². The van der Waals surface area contributed by atoms with Crippen molar-refractivity contribution < 1.29 is 10.1 Å². The summed E-state index contributed by atoms with van der Waals surface area (Å²) in [5, 5.41) is 2.52. The molecule has 17 heavy (non-hydrogen) atoms. The van der Waals surface area contributed by atoms with Gasteiger partial charge in [0.2, 0.25) is 0 Å². The van der Waals surface area contributed by atoms with E-state index >= 15 is 0 Å². The van der Waals surface area contributed by atoms with Crippen LogP contribution in [0.2, 0.25) is 0 Å². The molecule has 0 radical (unpaired) electrons. The summed E-state index contributed by atoms with van der Waals surface area (Å²) in [6.07, 6.45) is 5.63. The van der Waals surface area contributed by atoms with E-state index in [1.807, 2.05) is 12.1 Å². The fraction of sp³-hybridized carbons (Fsp3) is 0.600. The van der Waals surface area contributed by atoms with Gasteiger partial charge in [-0.3, -0.25) is 0 Å². The predicted octanol–water partition coefficient (Wildman–Crippen LogP) is 2.34. The van der Waals surface area contributed by atoms with E-state index in [4.69, 9.17) is 4.74 Å². The summed E-state index contributed by atoms with van der Waals surface area (Å²) in [7, 11) is 1.71. The van der Waals surface area contributed by atoms with E-state index in [9.17, 15) is 0 Å². The number of hydrogen-bond donors (Lipinski definition) is 1. The molecule has 1 aliphatic rings. The molecule has 2 nitrogen and oxygen atoms in total. The molecule has 0 spiro atoms. The molecular formula is C15H24NO+. The van der Waals surface area contributed by atoms with Crippen LogP contribution in [0.5, 0.6) is 5.75 Å². The lowest BCUT2D eigenvalue weighted by Gasteiger charge is -2.26. The van der Waals surface area contributed by atoms with E-state index in [1.54, 1.807) is 7.11 Å². The molecule has 1 aliphatic carbocycles. The summed E-state index contributed by atoms with van der Waals surface area (Å²) < 4.78 is 5.17. The van der Waals surface area contributed by atoms with E-state index in [1.165, 1.54) is 31.2 Å². The SMILES string of the molecule is COc1ccc(C[NH2+][C@@H]2CCCC[C@@H]2C)cc1. The Morgan fingerprint density at radius 2 is 1.88 bits per heavy atom.